The van der Waals surface area contributed by atoms with Gasteiger partial charge in [0, 0.05) is 13.5 Å². The van der Waals surface area contributed by atoms with Crippen LogP contribution >= 0.6 is 0 Å². The number of rotatable bonds is 5. The monoisotopic (exact) mass is 178 g/mol. The zero-order valence-electron chi connectivity index (χ0n) is 7.82. The number of ether oxygens (including phenoxy) is 1. The third kappa shape index (κ3) is 2.99. The van der Waals surface area contributed by atoms with Crippen LogP contribution in [0.25, 0.3) is 0 Å². The van der Waals surface area contributed by atoms with Crippen LogP contribution in [0, 0.1) is 0 Å². The molecule has 1 rings (SSSR count). The van der Waals surface area contributed by atoms with E-state index in [1.807, 2.05) is 24.3 Å². The van der Waals surface area contributed by atoms with Gasteiger partial charge in [0.05, 0.1) is 6.61 Å². The highest BCUT2D eigenvalue weighted by Crippen LogP contribution is 2.11. The summed E-state index contributed by atoms with van der Waals surface area (Å²) in [4.78, 5) is 10.2. The Morgan fingerprint density at radius 1 is 1.31 bits per heavy atom. The summed E-state index contributed by atoms with van der Waals surface area (Å²) >= 11 is 0. The molecule has 0 N–H and O–H groups in total. The van der Waals surface area contributed by atoms with Crippen LogP contribution in [0.15, 0.2) is 24.3 Å². The number of carbonyl (C=O) groups excluding carboxylic acids is 1. The van der Waals surface area contributed by atoms with Gasteiger partial charge in [0.25, 0.3) is 0 Å². The normalized spacial score (nSPS) is 9.92. The van der Waals surface area contributed by atoms with Crippen molar-refractivity contribution >= 4 is 6.29 Å². The fraction of sp³-hybridized carbons (Fsp3) is 0.364. The second-order valence-electron chi connectivity index (χ2n) is 2.91. The van der Waals surface area contributed by atoms with Crippen molar-refractivity contribution in [2.24, 2.45) is 0 Å². The zero-order valence-corrected chi connectivity index (χ0v) is 7.82. The molecule has 0 spiro atoms. The molecule has 70 valence electrons. The third-order valence-corrected chi connectivity index (χ3v) is 1.95. The van der Waals surface area contributed by atoms with Crippen LogP contribution in [0.2, 0.25) is 0 Å². The van der Waals surface area contributed by atoms with Gasteiger partial charge in [0.2, 0.25) is 0 Å². The van der Waals surface area contributed by atoms with E-state index in [-0.39, 0.29) is 0 Å². The van der Waals surface area contributed by atoms with Crippen molar-refractivity contribution in [3.05, 3.63) is 35.4 Å². The molecule has 0 unspecified atom stereocenters. The van der Waals surface area contributed by atoms with Gasteiger partial charge in [-0.3, -0.25) is 0 Å². The average molecular weight is 178 g/mol. The van der Waals surface area contributed by atoms with Gasteiger partial charge in [-0.15, -0.1) is 0 Å². The van der Waals surface area contributed by atoms with E-state index in [1.54, 1.807) is 7.11 Å². The van der Waals surface area contributed by atoms with Gasteiger partial charge in [-0.05, 0) is 17.5 Å². The van der Waals surface area contributed by atoms with Crippen molar-refractivity contribution in [2.45, 2.75) is 19.4 Å². The van der Waals surface area contributed by atoms with Crippen LogP contribution in [-0.4, -0.2) is 13.4 Å². The maximum atomic E-state index is 10.2. The van der Waals surface area contributed by atoms with E-state index < -0.39 is 0 Å². The first-order valence-electron chi connectivity index (χ1n) is 4.38. The molecule has 1 aromatic rings. The van der Waals surface area contributed by atoms with Crippen LogP contribution < -0.4 is 0 Å². The van der Waals surface area contributed by atoms with Crippen LogP contribution in [0.4, 0.5) is 0 Å². The van der Waals surface area contributed by atoms with Crippen LogP contribution in [0.1, 0.15) is 17.5 Å². The Hall–Kier alpha value is -1.15. The predicted molar refractivity (Wildman–Crippen MR) is 51.5 cm³/mol. The van der Waals surface area contributed by atoms with Crippen molar-refractivity contribution in [1.29, 1.82) is 0 Å². The molecule has 13 heavy (non-hydrogen) atoms. The van der Waals surface area contributed by atoms with Crippen LogP contribution in [0.5, 0.6) is 0 Å². The summed E-state index contributed by atoms with van der Waals surface area (Å²) < 4.78 is 5.06. The molecule has 0 radical (unpaired) electrons. The fourth-order valence-electron chi connectivity index (χ4n) is 1.31. The molecule has 0 saturated heterocycles. The number of benzene rings is 1. The number of carbonyl (C=O) groups is 1. The lowest BCUT2D eigenvalue weighted by Crippen LogP contribution is -1.96. The number of aldehydes is 1. The number of aryl methyl sites for hydroxylation is 1. The first kappa shape index (κ1) is 9.93. The molecule has 0 aliphatic rings. The minimum absolute atomic E-state index is 0.584. The van der Waals surface area contributed by atoms with E-state index in [2.05, 4.69) is 0 Å². The lowest BCUT2D eigenvalue weighted by atomic mass is 10.0. The minimum atomic E-state index is 0.584. The topological polar surface area (TPSA) is 26.3 Å². The molecule has 0 aliphatic heterocycles. The van der Waals surface area contributed by atoms with E-state index in [4.69, 9.17) is 4.74 Å². The quantitative estimate of drug-likeness (QED) is 0.644. The van der Waals surface area contributed by atoms with E-state index in [9.17, 15) is 4.79 Å². The molecule has 0 saturated carbocycles. The van der Waals surface area contributed by atoms with Crippen molar-refractivity contribution in [2.75, 3.05) is 7.11 Å². The zero-order chi connectivity index (χ0) is 9.52. The van der Waals surface area contributed by atoms with Crippen molar-refractivity contribution in [1.82, 2.24) is 0 Å². The number of hydrogen-bond donors (Lipinski definition) is 0. The highest BCUT2D eigenvalue weighted by Gasteiger charge is 1.99. The Bertz CT molecular complexity index is 269. The molecule has 0 heterocycles. The molecule has 2 heteroatoms. The molecule has 1 aromatic carbocycles. The van der Waals surface area contributed by atoms with E-state index in [0.717, 1.165) is 12.7 Å². The summed E-state index contributed by atoms with van der Waals surface area (Å²) in [6, 6.07) is 8.04. The Labute approximate surface area is 78.5 Å². The smallest absolute Gasteiger partial charge is 0.120 e. The summed E-state index contributed by atoms with van der Waals surface area (Å²) in [6.45, 7) is 0.620. The van der Waals surface area contributed by atoms with Crippen LogP contribution in [-0.2, 0) is 22.6 Å². The standard InChI is InChI=1S/C11H14O2/c1-13-9-11-6-3-2-5-10(11)7-4-8-12/h2-3,5-6,8H,4,7,9H2,1H3. The first-order valence-corrected chi connectivity index (χ1v) is 4.38. The average Bonchev–Trinajstić information content (AvgIpc) is 2.17. The predicted octanol–water partition coefficient (Wildman–Crippen LogP) is 1.96. The van der Waals surface area contributed by atoms with Gasteiger partial charge >= 0.3 is 0 Å². The molecule has 0 bridgehead atoms. The summed E-state index contributed by atoms with van der Waals surface area (Å²) in [7, 11) is 1.68. The Balaban J connectivity index is 2.71. The third-order valence-electron chi connectivity index (χ3n) is 1.95. The fourth-order valence-corrected chi connectivity index (χ4v) is 1.31. The lowest BCUT2D eigenvalue weighted by Gasteiger charge is -2.06. The Morgan fingerprint density at radius 3 is 2.62 bits per heavy atom. The number of hydrogen-bond acceptors (Lipinski definition) is 2. The van der Waals surface area contributed by atoms with E-state index >= 15 is 0 Å². The van der Waals surface area contributed by atoms with Gasteiger partial charge in [-0.1, -0.05) is 24.3 Å². The minimum Gasteiger partial charge on any atom is -0.380 e. The molecular formula is C11H14O2. The maximum Gasteiger partial charge on any atom is 0.120 e. The molecule has 0 fully saturated rings. The molecular weight excluding hydrogens is 164 g/mol. The Kier molecular flexibility index (Phi) is 4.19. The maximum absolute atomic E-state index is 10.2. The first-order chi connectivity index (χ1) is 6.38. The van der Waals surface area contributed by atoms with Crippen molar-refractivity contribution < 1.29 is 9.53 Å². The summed E-state index contributed by atoms with van der Waals surface area (Å²) in [6.07, 6.45) is 2.34. The molecule has 0 aliphatic carbocycles. The SMILES string of the molecule is COCc1ccccc1CCC=O. The lowest BCUT2D eigenvalue weighted by molar-refractivity contribution is -0.107. The molecule has 0 amide bonds. The highest BCUT2D eigenvalue weighted by atomic mass is 16.5. The Morgan fingerprint density at radius 2 is 2.00 bits per heavy atom. The van der Waals surface area contributed by atoms with E-state index in [0.29, 0.717) is 13.0 Å². The number of methoxy groups -OCH3 is 1. The largest absolute Gasteiger partial charge is 0.380 e. The summed E-state index contributed by atoms with van der Waals surface area (Å²) in [5.41, 5.74) is 2.38. The van der Waals surface area contributed by atoms with Crippen molar-refractivity contribution in [3.8, 4) is 0 Å². The summed E-state index contributed by atoms with van der Waals surface area (Å²) in [5.74, 6) is 0. The van der Waals surface area contributed by atoms with Gasteiger partial charge in [0.1, 0.15) is 6.29 Å². The van der Waals surface area contributed by atoms with Crippen molar-refractivity contribution in [3.63, 3.8) is 0 Å². The second kappa shape index (κ2) is 5.49. The molecule has 0 aromatic heterocycles. The van der Waals surface area contributed by atoms with Gasteiger partial charge < -0.3 is 9.53 Å². The molecule has 2 nitrogen and oxygen atoms in total. The van der Waals surface area contributed by atoms with Gasteiger partial charge in [0.15, 0.2) is 0 Å². The van der Waals surface area contributed by atoms with E-state index in [1.165, 1.54) is 11.1 Å². The van der Waals surface area contributed by atoms with Gasteiger partial charge in [-0.2, -0.15) is 0 Å². The van der Waals surface area contributed by atoms with Crippen LogP contribution in [0.3, 0.4) is 0 Å². The highest BCUT2D eigenvalue weighted by molar-refractivity contribution is 5.50. The molecule has 0 atom stereocenters. The summed E-state index contributed by atoms with van der Waals surface area (Å²) in [5, 5.41) is 0. The van der Waals surface area contributed by atoms with Gasteiger partial charge in [-0.25, -0.2) is 0 Å². The second-order valence-corrected chi connectivity index (χ2v) is 2.91.